The number of carbonyl (C=O) groups is 1. The van der Waals surface area contributed by atoms with Crippen LogP contribution in [0.4, 0.5) is 17.1 Å². The number of nitrogens with zero attached hydrogens (tertiary/aromatic N) is 2. The van der Waals surface area contributed by atoms with E-state index in [2.05, 4.69) is 15.5 Å². The number of hydrogen-bond acceptors (Lipinski definition) is 7. The van der Waals surface area contributed by atoms with Gasteiger partial charge in [-0.1, -0.05) is 53.2 Å². The van der Waals surface area contributed by atoms with Gasteiger partial charge in [-0.2, -0.15) is 13.5 Å². The Balaban J connectivity index is 0.00000420. The fourth-order valence-corrected chi connectivity index (χ4v) is 4.96. The predicted octanol–water partition coefficient (Wildman–Crippen LogP) is 3.85. The topological polar surface area (TPSA) is 140 Å². The van der Waals surface area contributed by atoms with Crippen molar-refractivity contribution in [3.63, 3.8) is 0 Å². The fourth-order valence-electron chi connectivity index (χ4n) is 3.74. The maximum absolute atomic E-state index is 13.4. The van der Waals surface area contributed by atoms with Gasteiger partial charge in [0.05, 0.1) is 27.2 Å². The monoisotopic (exact) mass is 595 g/mol. The maximum atomic E-state index is 13.4. The summed E-state index contributed by atoms with van der Waals surface area (Å²) in [4.78, 5) is 12.7. The predicted molar refractivity (Wildman–Crippen MR) is 144 cm³/mol. The Bertz CT molecular complexity index is 1710. The van der Waals surface area contributed by atoms with Crippen molar-refractivity contribution in [2.24, 2.45) is 10.2 Å². The van der Waals surface area contributed by atoms with Crippen molar-refractivity contribution in [1.29, 1.82) is 0 Å². The molecule has 0 aromatic heterocycles. The third kappa shape index (κ3) is 6.72. The minimum Gasteiger partial charge on any atom is -0.870 e. The SMILES string of the molecule is CCOc1ccc(NC(=O)c2cc3ccccc3c(N=Nc3ccc(S(=O)(=O)O)c(C)c3Cl)c2[O-])cc1Cl.[Na+]. The van der Waals surface area contributed by atoms with Crippen molar-refractivity contribution in [3.8, 4) is 11.5 Å². The Morgan fingerprint density at radius 1 is 1.08 bits per heavy atom. The number of halogens is 2. The summed E-state index contributed by atoms with van der Waals surface area (Å²) in [5, 5.41) is 25.4. The number of ether oxygens (including phenoxy) is 1. The number of nitrogens with one attached hydrogen (secondary N) is 1. The Morgan fingerprint density at radius 3 is 2.46 bits per heavy atom. The summed E-state index contributed by atoms with van der Waals surface area (Å²) in [7, 11) is -4.49. The Hall–Kier alpha value is -2.70. The zero-order chi connectivity index (χ0) is 27.6. The van der Waals surface area contributed by atoms with Crippen LogP contribution >= 0.6 is 23.2 Å². The van der Waals surface area contributed by atoms with Crippen LogP contribution in [0.3, 0.4) is 0 Å². The van der Waals surface area contributed by atoms with Gasteiger partial charge < -0.3 is 15.2 Å². The van der Waals surface area contributed by atoms with Crippen molar-refractivity contribution in [2.45, 2.75) is 18.7 Å². The molecule has 1 amide bonds. The summed E-state index contributed by atoms with van der Waals surface area (Å²) in [6.45, 7) is 3.64. The van der Waals surface area contributed by atoms with E-state index < -0.39 is 21.8 Å². The smallest absolute Gasteiger partial charge is 0.870 e. The molecule has 4 aromatic carbocycles. The van der Waals surface area contributed by atoms with Gasteiger partial charge in [0, 0.05) is 16.6 Å². The van der Waals surface area contributed by atoms with E-state index in [0.717, 1.165) is 6.07 Å². The minimum atomic E-state index is -4.49. The van der Waals surface area contributed by atoms with E-state index in [1.165, 1.54) is 25.1 Å². The summed E-state index contributed by atoms with van der Waals surface area (Å²) >= 11 is 12.5. The van der Waals surface area contributed by atoms with Crippen LogP contribution in [-0.2, 0) is 10.1 Å². The first-order chi connectivity index (χ1) is 18.0. The molecule has 13 heteroatoms. The molecule has 0 saturated heterocycles. The number of rotatable bonds is 7. The molecule has 0 aliphatic heterocycles. The van der Waals surface area contributed by atoms with Gasteiger partial charge in [-0.05, 0) is 61.2 Å². The fraction of sp³-hybridized carbons (Fsp3) is 0.115. The zero-order valence-electron chi connectivity index (χ0n) is 21.0. The van der Waals surface area contributed by atoms with E-state index in [-0.39, 0.29) is 62.0 Å². The van der Waals surface area contributed by atoms with Gasteiger partial charge in [-0.25, -0.2) is 0 Å². The number of azo groups is 1. The van der Waals surface area contributed by atoms with Gasteiger partial charge in [0.1, 0.15) is 11.4 Å². The number of fused-ring (bicyclic) bond motifs is 1. The molecule has 9 nitrogen and oxygen atoms in total. The van der Waals surface area contributed by atoms with Gasteiger partial charge in [-0.15, -0.1) is 5.11 Å². The summed E-state index contributed by atoms with van der Waals surface area (Å²) in [5.41, 5.74) is 0.219. The average molecular weight is 596 g/mol. The van der Waals surface area contributed by atoms with Crippen LogP contribution in [0.2, 0.25) is 10.0 Å². The third-order valence-electron chi connectivity index (χ3n) is 5.56. The van der Waals surface area contributed by atoms with E-state index in [0.29, 0.717) is 33.8 Å². The number of anilines is 1. The van der Waals surface area contributed by atoms with E-state index >= 15 is 0 Å². The van der Waals surface area contributed by atoms with Crippen LogP contribution in [0.25, 0.3) is 10.8 Å². The average Bonchev–Trinajstić information content (AvgIpc) is 2.86. The molecule has 196 valence electrons. The molecule has 0 saturated carbocycles. The molecular weight excluding hydrogens is 576 g/mol. The van der Waals surface area contributed by atoms with Crippen molar-refractivity contribution in [2.75, 3.05) is 11.9 Å². The maximum Gasteiger partial charge on any atom is 1.00 e. The number of amides is 1. The van der Waals surface area contributed by atoms with Crippen LogP contribution < -0.4 is 44.7 Å². The van der Waals surface area contributed by atoms with Gasteiger partial charge in [0.2, 0.25) is 0 Å². The Labute approximate surface area is 256 Å². The first kappa shape index (κ1) is 30.8. The molecule has 0 unspecified atom stereocenters. The second-order valence-electron chi connectivity index (χ2n) is 8.05. The van der Waals surface area contributed by atoms with E-state index in [1.807, 2.05) is 6.92 Å². The van der Waals surface area contributed by atoms with Crippen LogP contribution in [0.5, 0.6) is 11.5 Å². The minimum absolute atomic E-state index is 0. The molecule has 0 radical (unpaired) electrons. The summed E-state index contributed by atoms with van der Waals surface area (Å²) < 4.78 is 37.8. The van der Waals surface area contributed by atoms with E-state index in [4.69, 9.17) is 27.9 Å². The first-order valence-electron chi connectivity index (χ1n) is 11.2. The molecule has 4 aromatic rings. The molecule has 0 heterocycles. The number of hydrogen-bond donors (Lipinski definition) is 2. The van der Waals surface area contributed by atoms with Crippen molar-refractivity contribution < 1.29 is 57.2 Å². The summed E-state index contributed by atoms with van der Waals surface area (Å²) in [6, 6.07) is 15.4. The summed E-state index contributed by atoms with van der Waals surface area (Å²) in [5.74, 6) is -0.892. The molecule has 0 spiro atoms. The molecule has 0 aliphatic carbocycles. The number of carbonyl (C=O) groups excluding carboxylic acids is 1. The zero-order valence-corrected chi connectivity index (χ0v) is 25.4. The molecule has 2 N–H and O–H groups in total. The van der Waals surface area contributed by atoms with Crippen LogP contribution in [-0.4, -0.2) is 25.5 Å². The van der Waals surface area contributed by atoms with E-state index in [9.17, 15) is 22.9 Å². The second kappa shape index (κ2) is 12.6. The quantitative estimate of drug-likeness (QED) is 0.189. The van der Waals surface area contributed by atoms with Gasteiger partial charge >= 0.3 is 29.6 Å². The van der Waals surface area contributed by atoms with Crippen LogP contribution in [0.15, 0.2) is 75.8 Å². The van der Waals surface area contributed by atoms with Crippen molar-refractivity contribution >= 4 is 67.1 Å². The number of benzene rings is 4. The molecule has 0 fully saturated rings. The van der Waals surface area contributed by atoms with Gasteiger partial charge in [0.15, 0.2) is 0 Å². The van der Waals surface area contributed by atoms with Crippen molar-refractivity contribution in [3.05, 3.63) is 81.8 Å². The normalized spacial score (nSPS) is 11.4. The van der Waals surface area contributed by atoms with E-state index in [1.54, 1.807) is 36.4 Å². The standard InChI is InChI=1S/C26H21Cl2N3O6S.Na/c1-3-37-21-10-8-16(13-19(21)27)29-26(33)18-12-15-6-4-5-7-17(15)24(25(18)32)31-30-20-9-11-22(38(34,35)36)14(2)23(20)28;/h4-13,32H,3H2,1-2H3,(H,29,33)(H,34,35,36);/q;+1/p-1. The first-order valence-corrected chi connectivity index (χ1v) is 13.4. The molecule has 0 atom stereocenters. The molecule has 0 aliphatic rings. The van der Waals surface area contributed by atoms with Crippen LogP contribution in [0.1, 0.15) is 22.8 Å². The third-order valence-corrected chi connectivity index (χ3v) is 7.33. The summed E-state index contributed by atoms with van der Waals surface area (Å²) in [6.07, 6.45) is 0. The molecule has 39 heavy (non-hydrogen) atoms. The largest absolute Gasteiger partial charge is 1.00 e. The Morgan fingerprint density at radius 2 is 1.79 bits per heavy atom. The molecule has 4 rings (SSSR count). The van der Waals surface area contributed by atoms with Crippen LogP contribution in [0, 0.1) is 6.92 Å². The van der Waals surface area contributed by atoms with Gasteiger partial charge in [0.25, 0.3) is 16.0 Å². The second-order valence-corrected chi connectivity index (χ2v) is 10.2. The molecular formula is C26H20Cl2N3NaO6S. The van der Waals surface area contributed by atoms with Crippen molar-refractivity contribution in [1.82, 2.24) is 0 Å². The molecule has 0 bridgehead atoms. The Kier molecular flexibility index (Phi) is 10.0. The van der Waals surface area contributed by atoms with Gasteiger partial charge in [-0.3, -0.25) is 9.35 Å².